The van der Waals surface area contributed by atoms with Crippen LogP contribution in [0.25, 0.3) is 0 Å². The van der Waals surface area contributed by atoms with Gasteiger partial charge in [-0.2, -0.15) is 21.6 Å². The molecular formula is CH4BF3O6S. The molecule has 0 heterocycles. The van der Waals surface area contributed by atoms with Crippen LogP contribution in [0.4, 0.5) is 13.2 Å². The van der Waals surface area contributed by atoms with Crippen molar-refractivity contribution in [2.45, 2.75) is 6.68 Å². The van der Waals surface area contributed by atoms with E-state index in [1.807, 2.05) is 0 Å². The summed E-state index contributed by atoms with van der Waals surface area (Å²) in [5.41, 5.74) is 0. The summed E-state index contributed by atoms with van der Waals surface area (Å²) < 4.78 is 58.6. The normalized spacial score (nSPS) is 10.6. The second-order valence-corrected chi connectivity index (χ2v) is 2.15. The Kier molecular flexibility index (Phi) is 7.32. The zero-order valence-corrected chi connectivity index (χ0v) is 6.08. The van der Waals surface area contributed by atoms with Gasteiger partial charge in [0.2, 0.25) is 0 Å². The summed E-state index contributed by atoms with van der Waals surface area (Å²) in [6, 6.07) is 0. The Morgan fingerprint density at radius 1 is 1.25 bits per heavy atom. The van der Waals surface area contributed by atoms with E-state index < -0.39 is 24.4 Å². The van der Waals surface area contributed by atoms with Crippen LogP contribution in [0.15, 0.2) is 0 Å². The first-order valence-electron chi connectivity index (χ1n) is 2.09. The number of halogens is 3. The van der Waals surface area contributed by atoms with E-state index in [1.54, 1.807) is 0 Å². The van der Waals surface area contributed by atoms with Gasteiger partial charge >= 0.3 is 24.4 Å². The Hall–Kier alpha value is -0.355. The lowest BCUT2D eigenvalue weighted by molar-refractivity contribution is 0.00818. The molecule has 11 heteroatoms. The lowest BCUT2D eigenvalue weighted by atomic mass is 10.3. The fourth-order valence-electron chi connectivity index (χ4n) is 0.109. The number of rotatable bonds is 2. The van der Waals surface area contributed by atoms with E-state index in [0.29, 0.717) is 0 Å². The second kappa shape index (κ2) is 6.19. The molecule has 0 spiro atoms. The molecular weight excluding hydrogens is 208 g/mol. The quantitative estimate of drug-likeness (QED) is 0.398. The summed E-state index contributed by atoms with van der Waals surface area (Å²) in [5.74, 6) is 0. The van der Waals surface area contributed by atoms with Crippen LogP contribution < -0.4 is 0 Å². The average molecular weight is 212 g/mol. The highest BCUT2D eigenvalue weighted by atomic mass is 32.3. The Bertz CT molecular complexity index is 186. The monoisotopic (exact) mass is 212 g/mol. The molecule has 0 rings (SSSR count). The van der Waals surface area contributed by atoms with Crippen molar-refractivity contribution >= 4 is 17.7 Å². The van der Waals surface area contributed by atoms with Gasteiger partial charge in [0.15, 0.2) is 0 Å². The van der Waals surface area contributed by atoms with Gasteiger partial charge in [-0.25, -0.2) is 4.10 Å². The first kappa shape index (κ1) is 14.2. The fraction of sp³-hybridized carbons (Fsp3) is 1.00. The molecule has 0 saturated carbocycles. The standard InChI is InChI=1S/CHF3.BH3O6S/c2-1(3)4;2-1(3)7-8(4,5)6/h1H;2-3H,(H,4,5,6). The highest BCUT2D eigenvalue weighted by molar-refractivity contribution is 7.81. The molecule has 0 radical (unpaired) electrons. The van der Waals surface area contributed by atoms with Crippen molar-refractivity contribution in [2.75, 3.05) is 0 Å². The molecule has 0 aromatic heterocycles. The highest BCUT2D eigenvalue weighted by Crippen LogP contribution is 1.87. The van der Waals surface area contributed by atoms with Crippen molar-refractivity contribution in [3.05, 3.63) is 0 Å². The zero-order valence-electron chi connectivity index (χ0n) is 5.26. The van der Waals surface area contributed by atoms with Crippen molar-refractivity contribution in [2.24, 2.45) is 0 Å². The van der Waals surface area contributed by atoms with Crippen LogP contribution in [0.1, 0.15) is 0 Å². The van der Waals surface area contributed by atoms with Gasteiger partial charge in [-0.1, -0.05) is 0 Å². The molecule has 0 bridgehead atoms. The summed E-state index contributed by atoms with van der Waals surface area (Å²) in [6.07, 6.45) is 0. The topological polar surface area (TPSA) is 104 Å². The first-order valence-corrected chi connectivity index (χ1v) is 3.45. The van der Waals surface area contributed by atoms with E-state index in [-0.39, 0.29) is 0 Å². The molecule has 0 aromatic carbocycles. The Labute approximate surface area is 65.7 Å². The van der Waals surface area contributed by atoms with Gasteiger partial charge < -0.3 is 10.0 Å². The molecule has 0 aliphatic heterocycles. The summed E-state index contributed by atoms with van der Waals surface area (Å²) in [6.45, 7) is -3.67. The maximum Gasteiger partial charge on any atom is 0.650 e. The maximum atomic E-state index is 9.67. The molecule has 0 aliphatic rings. The van der Waals surface area contributed by atoms with Gasteiger partial charge in [0.1, 0.15) is 0 Å². The van der Waals surface area contributed by atoms with Gasteiger partial charge in [-0.3, -0.25) is 4.55 Å². The SMILES string of the molecule is FC(F)F.O=S(=O)(O)OB(O)O. The van der Waals surface area contributed by atoms with Gasteiger partial charge in [-0.05, 0) is 0 Å². The molecule has 0 amide bonds. The van der Waals surface area contributed by atoms with E-state index in [0.717, 1.165) is 0 Å². The van der Waals surface area contributed by atoms with Gasteiger partial charge in [0, 0.05) is 0 Å². The first-order chi connectivity index (χ1) is 5.15. The fourth-order valence-corrected chi connectivity index (χ4v) is 0.326. The van der Waals surface area contributed by atoms with Crippen LogP contribution >= 0.6 is 0 Å². The van der Waals surface area contributed by atoms with Crippen LogP contribution in [-0.4, -0.2) is 37.0 Å². The van der Waals surface area contributed by atoms with E-state index in [1.165, 1.54) is 0 Å². The third kappa shape index (κ3) is 33.4. The van der Waals surface area contributed by atoms with Crippen LogP contribution in [0, 0.1) is 0 Å². The van der Waals surface area contributed by atoms with Crippen molar-refractivity contribution in [3.63, 3.8) is 0 Å². The molecule has 0 unspecified atom stereocenters. The minimum Gasteiger partial charge on any atom is -0.401 e. The minimum absolute atomic E-state index is 2.50. The molecule has 0 saturated heterocycles. The van der Waals surface area contributed by atoms with Crippen molar-refractivity contribution < 1.29 is 40.3 Å². The number of alkyl halides is 3. The summed E-state index contributed by atoms with van der Waals surface area (Å²) in [5, 5.41) is 15.4. The minimum atomic E-state index is -4.72. The molecule has 0 fully saturated rings. The van der Waals surface area contributed by atoms with Crippen molar-refractivity contribution in [1.29, 1.82) is 0 Å². The molecule has 0 aromatic rings. The van der Waals surface area contributed by atoms with E-state index >= 15 is 0 Å². The van der Waals surface area contributed by atoms with Gasteiger partial charge in [-0.15, -0.1) is 0 Å². The second-order valence-electron chi connectivity index (χ2n) is 1.10. The molecule has 0 aliphatic carbocycles. The maximum absolute atomic E-state index is 9.67. The molecule has 74 valence electrons. The Balaban J connectivity index is 0. The third-order valence-corrected chi connectivity index (χ3v) is 0.623. The Morgan fingerprint density at radius 2 is 1.50 bits per heavy atom. The lowest BCUT2D eigenvalue weighted by Crippen LogP contribution is -2.21. The Morgan fingerprint density at radius 3 is 1.50 bits per heavy atom. The van der Waals surface area contributed by atoms with Crippen LogP contribution in [0.5, 0.6) is 0 Å². The molecule has 6 nitrogen and oxygen atoms in total. The predicted molar refractivity (Wildman–Crippen MR) is 29.9 cm³/mol. The average Bonchev–Trinajstić information content (AvgIpc) is 1.52. The van der Waals surface area contributed by atoms with Crippen molar-refractivity contribution in [1.82, 2.24) is 0 Å². The highest BCUT2D eigenvalue weighted by Gasteiger charge is 2.17. The smallest absolute Gasteiger partial charge is 0.401 e. The van der Waals surface area contributed by atoms with E-state index in [9.17, 15) is 21.6 Å². The summed E-state index contributed by atoms with van der Waals surface area (Å²) >= 11 is 0. The third-order valence-electron chi connectivity index (χ3n) is 0.208. The van der Waals surface area contributed by atoms with Crippen LogP contribution in [-0.2, 0) is 14.5 Å². The summed E-state index contributed by atoms with van der Waals surface area (Å²) in [7, 11) is -7.22. The molecule has 3 N–H and O–H groups in total. The van der Waals surface area contributed by atoms with Gasteiger partial charge in [0.05, 0.1) is 0 Å². The predicted octanol–water partition coefficient (Wildman–Crippen LogP) is -1.05. The molecule has 12 heavy (non-hydrogen) atoms. The van der Waals surface area contributed by atoms with Crippen molar-refractivity contribution in [3.8, 4) is 0 Å². The number of hydrogen-bond donors (Lipinski definition) is 3. The van der Waals surface area contributed by atoms with Crippen LogP contribution in [0.2, 0.25) is 0 Å². The summed E-state index contributed by atoms with van der Waals surface area (Å²) in [4.78, 5) is 0. The van der Waals surface area contributed by atoms with Gasteiger partial charge in [0.25, 0.3) is 0 Å². The lowest BCUT2D eigenvalue weighted by Gasteiger charge is -1.92. The zero-order chi connectivity index (χ0) is 10.4. The van der Waals surface area contributed by atoms with Crippen LogP contribution in [0.3, 0.4) is 0 Å². The van der Waals surface area contributed by atoms with E-state index in [4.69, 9.17) is 14.6 Å². The largest absolute Gasteiger partial charge is 0.650 e. The molecule has 0 atom stereocenters. The number of hydrogen-bond acceptors (Lipinski definition) is 5. The van der Waals surface area contributed by atoms with E-state index in [2.05, 4.69) is 4.10 Å².